The van der Waals surface area contributed by atoms with Crippen LogP contribution in [0.2, 0.25) is 0 Å². The number of methoxy groups -OCH3 is 1. The maximum Gasteiger partial charge on any atom is 0.223 e. The van der Waals surface area contributed by atoms with E-state index in [1.54, 1.807) is 19.2 Å². The molecule has 0 aliphatic rings. The Bertz CT molecular complexity index is 660. The normalized spacial score (nSPS) is 11.3. The summed E-state index contributed by atoms with van der Waals surface area (Å²) >= 11 is 0. The van der Waals surface area contributed by atoms with E-state index in [2.05, 4.69) is 15.0 Å². The third-order valence-corrected chi connectivity index (χ3v) is 2.36. The van der Waals surface area contributed by atoms with Gasteiger partial charge in [0, 0.05) is 11.5 Å². The van der Waals surface area contributed by atoms with E-state index in [1.807, 2.05) is 18.2 Å². The zero-order chi connectivity index (χ0) is 13.8. The highest BCUT2D eigenvalue weighted by Crippen LogP contribution is 2.26. The smallest absolute Gasteiger partial charge is 0.223 e. The molecule has 1 heterocycles. The Morgan fingerprint density at radius 1 is 1.16 bits per heavy atom. The first-order chi connectivity index (χ1) is 9.10. The molecule has 98 valence electrons. The number of para-hydroxylation sites is 1. The molecule has 1 aromatic heterocycles. The number of ether oxygens (including phenoxy) is 1. The van der Waals surface area contributed by atoms with Crippen LogP contribution in [0.5, 0.6) is 5.88 Å². The first kappa shape index (κ1) is 12.6. The number of aliphatic imine (C=N–C) groups is 2. The van der Waals surface area contributed by atoms with Crippen LogP contribution in [-0.2, 0) is 0 Å². The molecule has 2 rings (SSSR count). The first-order valence-electron chi connectivity index (χ1n) is 5.47. The molecule has 0 spiro atoms. The molecule has 0 atom stereocenters. The van der Waals surface area contributed by atoms with E-state index in [9.17, 15) is 0 Å². The summed E-state index contributed by atoms with van der Waals surface area (Å²) < 4.78 is 5.09. The van der Waals surface area contributed by atoms with Gasteiger partial charge in [-0.05, 0) is 12.1 Å². The monoisotopic (exact) mass is 258 g/mol. The van der Waals surface area contributed by atoms with Crippen molar-refractivity contribution >= 4 is 28.5 Å². The van der Waals surface area contributed by atoms with Gasteiger partial charge in [-0.15, -0.1) is 0 Å². The number of pyridine rings is 1. The van der Waals surface area contributed by atoms with Gasteiger partial charge in [0.25, 0.3) is 0 Å². The van der Waals surface area contributed by atoms with Crippen molar-refractivity contribution < 1.29 is 4.74 Å². The highest BCUT2D eigenvalue weighted by atomic mass is 16.5. The maximum atomic E-state index is 5.61. The largest absolute Gasteiger partial charge is 0.481 e. The number of guanidine groups is 2. The highest BCUT2D eigenvalue weighted by Gasteiger charge is 2.04. The standard InChI is InChI=1S/C12H14N6O/c1-19-9-6-5-7-3-2-4-8(10(7)17-9)16-12(15)18-11(13)14/h2-6H,1H3,(H6,13,14,15,16,18). The van der Waals surface area contributed by atoms with Crippen molar-refractivity contribution in [2.75, 3.05) is 7.11 Å². The molecular weight excluding hydrogens is 244 g/mol. The van der Waals surface area contributed by atoms with Gasteiger partial charge >= 0.3 is 0 Å². The molecule has 7 heteroatoms. The molecule has 6 N–H and O–H groups in total. The number of hydrogen-bond acceptors (Lipinski definition) is 3. The maximum absolute atomic E-state index is 5.61. The molecule has 0 aliphatic carbocycles. The van der Waals surface area contributed by atoms with Crippen LogP contribution in [0.3, 0.4) is 0 Å². The highest BCUT2D eigenvalue weighted by molar-refractivity contribution is 5.97. The molecule has 19 heavy (non-hydrogen) atoms. The van der Waals surface area contributed by atoms with E-state index in [1.165, 1.54) is 0 Å². The molecule has 2 aromatic rings. The van der Waals surface area contributed by atoms with Gasteiger partial charge in [0.2, 0.25) is 11.8 Å². The Labute approximate surface area is 109 Å². The molecule has 0 aliphatic heterocycles. The Morgan fingerprint density at radius 2 is 1.95 bits per heavy atom. The number of nitrogens with two attached hydrogens (primary N) is 3. The number of nitrogens with zero attached hydrogens (tertiary/aromatic N) is 3. The fourth-order valence-electron chi connectivity index (χ4n) is 1.60. The Kier molecular flexibility index (Phi) is 3.46. The fraction of sp³-hybridized carbons (Fsp3) is 0.0833. The predicted molar refractivity (Wildman–Crippen MR) is 75.4 cm³/mol. The zero-order valence-electron chi connectivity index (χ0n) is 10.4. The van der Waals surface area contributed by atoms with Crippen LogP contribution in [0, 0.1) is 0 Å². The average Bonchev–Trinajstić information content (AvgIpc) is 2.37. The van der Waals surface area contributed by atoms with Crippen molar-refractivity contribution in [1.29, 1.82) is 0 Å². The second-order valence-corrected chi connectivity index (χ2v) is 3.71. The SMILES string of the molecule is COc1ccc2cccc(N=C(N)N=C(N)N)c2n1. The molecule has 0 saturated heterocycles. The third-order valence-electron chi connectivity index (χ3n) is 2.36. The van der Waals surface area contributed by atoms with Gasteiger partial charge in [-0.1, -0.05) is 12.1 Å². The Morgan fingerprint density at radius 3 is 2.63 bits per heavy atom. The lowest BCUT2D eigenvalue weighted by molar-refractivity contribution is 0.399. The fourth-order valence-corrected chi connectivity index (χ4v) is 1.60. The van der Waals surface area contributed by atoms with Crippen LogP contribution in [0.1, 0.15) is 0 Å². The van der Waals surface area contributed by atoms with Crippen LogP contribution >= 0.6 is 0 Å². The van der Waals surface area contributed by atoms with Gasteiger partial charge in [0.05, 0.1) is 12.8 Å². The number of aromatic nitrogens is 1. The van der Waals surface area contributed by atoms with Crippen molar-refractivity contribution in [3.05, 3.63) is 30.3 Å². The zero-order valence-corrected chi connectivity index (χ0v) is 10.4. The van der Waals surface area contributed by atoms with Crippen LogP contribution in [0.15, 0.2) is 40.3 Å². The van der Waals surface area contributed by atoms with Gasteiger partial charge < -0.3 is 21.9 Å². The molecule has 0 saturated carbocycles. The summed E-state index contributed by atoms with van der Waals surface area (Å²) in [5.41, 5.74) is 17.3. The minimum Gasteiger partial charge on any atom is -0.481 e. The first-order valence-corrected chi connectivity index (χ1v) is 5.47. The summed E-state index contributed by atoms with van der Waals surface area (Å²) in [6.07, 6.45) is 0. The molecular formula is C12H14N6O. The van der Waals surface area contributed by atoms with Gasteiger partial charge in [0.1, 0.15) is 5.52 Å². The predicted octanol–water partition coefficient (Wildman–Crippen LogP) is 0.463. The summed E-state index contributed by atoms with van der Waals surface area (Å²) in [5.74, 6) is 0.319. The second-order valence-electron chi connectivity index (χ2n) is 3.71. The second kappa shape index (κ2) is 5.21. The van der Waals surface area contributed by atoms with Crippen LogP contribution in [0.25, 0.3) is 10.9 Å². The van der Waals surface area contributed by atoms with E-state index < -0.39 is 0 Å². The third kappa shape index (κ3) is 2.89. The Balaban J connectivity index is 2.57. The van der Waals surface area contributed by atoms with E-state index in [4.69, 9.17) is 21.9 Å². The Hall–Kier alpha value is -2.83. The molecule has 0 radical (unpaired) electrons. The number of hydrogen-bond donors (Lipinski definition) is 3. The molecule has 0 unspecified atom stereocenters. The van der Waals surface area contributed by atoms with Crippen LogP contribution < -0.4 is 21.9 Å². The van der Waals surface area contributed by atoms with Gasteiger partial charge in [-0.25, -0.2) is 9.98 Å². The minimum absolute atomic E-state index is 0.0304. The number of rotatable bonds is 2. The van der Waals surface area contributed by atoms with E-state index in [0.29, 0.717) is 17.1 Å². The summed E-state index contributed by atoms with van der Waals surface area (Å²) in [7, 11) is 1.55. The van der Waals surface area contributed by atoms with Crippen LogP contribution in [-0.4, -0.2) is 24.0 Å². The number of benzene rings is 1. The van der Waals surface area contributed by atoms with E-state index >= 15 is 0 Å². The summed E-state index contributed by atoms with van der Waals surface area (Å²) in [6.45, 7) is 0. The van der Waals surface area contributed by atoms with Gasteiger partial charge in [-0.3, -0.25) is 0 Å². The molecule has 0 bridgehead atoms. The average molecular weight is 258 g/mol. The lowest BCUT2D eigenvalue weighted by Gasteiger charge is -2.04. The summed E-state index contributed by atoms with van der Waals surface area (Å²) in [6, 6.07) is 9.19. The number of fused-ring (bicyclic) bond motifs is 1. The lowest BCUT2D eigenvalue weighted by atomic mass is 10.2. The van der Waals surface area contributed by atoms with Gasteiger partial charge in [-0.2, -0.15) is 4.99 Å². The summed E-state index contributed by atoms with van der Waals surface area (Å²) in [4.78, 5) is 12.1. The van der Waals surface area contributed by atoms with Crippen molar-refractivity contribution in [2.24, 2.45) is 27.2 Å². The minimum atomic E-state index is -0.146. The lowest BCUT2D eigenvalue weighted by Crippen LogP contribution is -2.26. The molecule has 1 aromatic carbocycles. The van der Waals surface area contributed by atoms with Crippen molar-refractivity contribution in [3.63, 3.8) is 0 Å². The van der Waals surface area contributed by atoms with Crippen molar-refractivity contribution in [3.8, 4) is 5.88 Å². The molecule has 0 amide bonds. The van der Waals surface area contributed by atoms with Crippen LogP contribution in [0.4, 0.5) is 5.69 Å². The molecule has 7 nitrogen and oxygen atoms in total. The van der Waals surface area contributed by atoms with E-state index in [-0.39, 0.29) is 11.9 Å². The summed E-state index contributed by atoms with van der Waals surface area (Å²) in [5, 5.41) is 0.916. The van der Waals surface area contributed by atoms with Gasteiger partial charge in [0.15, 0.2) is 5.96 Å². The van der Waals surface area contributed by atoms with Crippen molar-refractivity contribution in [1.82, 2.24) is 4.98 Å². The van der Waals surface area contributed by atoms with E-state index in [0.717, 1.165) is 5.39 Å². The topological polar surface area (TPSA) is 125 Å². The quantitative estimate of drug-likeness (QED) is 0.533. The van der Waals surface area contributed by atoms with Crippen molar-refractivity contribution in [2.45, 2.75) is 0 Å². The molecule has 0 fully saturated rings.